The SMILES string of the molecule is C=CC.CCC.CCC(=N)N. The Hall–Kier alpha value is -0.790. The van der Waals surface area contributed by atoms with Gasteiger partial charge < -0.3 is 5.73 Å². The highest BCUT2D eigenvalue weighted by atomic mass is 14.7. The summed E-state index contributed by atoms with van der Waals surface area (Å²) in [4.78, 5) is 0. The van der Waals surface area contributed by atoms with E-state index >= 15 is 0 Å². The zero-order chi connectivity index (χ0) is 9.70. The Morgan fingerprint density at radius 3 is 1.55 bits per heavy atom. The summed E-state index contributed by atoms with van der Waals surface area (Å²) in [6.07, 6.45) is 3.67. The largest absolute Gasteiger partial charge is 0.388 e. The van der Waals surface area contributed by atoms with Gasteiger partial charge in [-0.2, -0.15) is 0 Å². The Balaban J connectivity index is -0.0000000933. The van der Waals surface area contributed by atoms with E-state index in [9.17, 15) is 0 Å². The molecule has 0 aliphatic rings. The van der Waals surface area contributed by atoms with Gasteiger partial charge in [0.15, 0.2) is 0 Å². The van der Waals surface area contributed by atoms with Crippen molar-refractivity contribution in [1.82, 2.24) is 0 Å². The fourth-order valence-corrected chi connectivity index (χ4v) is 0. The minimum atomic E-state index is 0.255. The molecule has 2 heteroatoms. The van der Waals surface area contributed by atoms with Crippen molar-refractivity contribution in [3.8, 4) is 0 Å². The van der Waals surface area contributed by atoms with Crippen molar-refractivity contribution in [3.05, 3.63) is 12.7 Å². The van der Waals surface area contributed by atoms with Crippen LogP contribution in [0.15, 0.2) is 12.7 Å². The predicted octanol–water partition coefficient (Wildman–Crippen LogP) is 2.94. The number of amidine groups is 1. The smallest absolute Gasteiger partial charge is 0.0902 e. The van der Waals surface area contributed by atoms with Gasteiger partial charge in [-0.15, -0.1) is 6.58 Å². The molecule has 0 bridgehead atoms. The van der Waals surface area contributed by atoms with Gasteiger partial charge in [-0.3, -0.25) is 5.41 Å². The molecule has 0 fully saturated rings. The van der Waals surface area contributed by atoms with Gasteiger partial charge in [-0.05, 0) is 6.92 Å². The maximum atomic E-state index is 6.52. The van der Waals surface area contributed by atoms with Gasteiger partial charge in [-0.1, -0.05) is 33.3 Å². The fourth-order valence-electron chi connectivity index (χ4n) is 0. The predicted molar refractivity (Wildman–Crippen MR) is 54.0 cm³/mol. The number of rotatable bonds is 1. The Bertz CT molecular complexity index is 77.6. The standard InChI is InChI=1S/C3H8N2.C3H8.C3H6/c1-2-3(4)5;2*1-3-2/h2H2,1H3,(H3,4,5);3H2,1-2H3;3H,1H2,2H3. The van der Waals surface area contributed by atoms with E-state index in [1.807, 2.05) is 13.8 Å². The second kappa shape index (κ2) is 22.9. The van der Waals surface area contributed by atoms with Gasteiger partial charge >= 0.3 is 0 Å². The average Bonchev–Trinajstić information content (AvgIpc) is 1.91. The van der Waals surface area contributed by atoms with Crippen molar-refractivity contribution in [1.29, 1.82) is 5.41 Å². The summed E-state index contributed by atoms with van der Waals surface area (Å²) in [5.74, 6) is 0.255. The molecule has 0 aliphatic heterocycles. The quantitative estimate of drug-likeness (QED) is 0.344. The van der Waals surface area contributed by atoms with Gasteiger partial charge in [0, 0.05) is 6.42 Å². The van der Waals surface area contributed by atoms with Gasteiger partial charge in [0.05, 0.1) is 5.84 Å². The molecule has 0 unspecified atom stereocenters. The molecule has 68 valence electrons. The molecule has 0 aliphatic carbocycles. The Labute approximate surface area is 71.0 Å². The number of hydrogen-bond acceptors (Lipinski definition) is 1. The van der Waals surface area contributed by atoms with Crippen LogP contribution in [-0.4, -0.2) is 5.84 Å². The molecule has 3 N–H and O–H groups in total. The van der Waals surface area contributed by atoms with Crippen LogP contribution in [0.1, 0.15) is 40.5 Å². The summed E-state index contributed by atoms with van der Waals surface area (Å²) in [5.41, 5.74) is 4.88. The lowest BCUT2D eigenvalue weighted by Crippen LogP contribution is -2.05. The third-order valence-electron chi connectivity index (χ3n) is 0.381. The summed E-state index contributed by atoms with van der Waals surface area (Å²) in [6.45, 7) is 11.3. The highest BCUT2D eigenvalue weighted by molar-refractivity contribution is 5.76. The van der Waals surface area contributed by atoms with Gasteiger partial charge in [0.25, 0.3) is 0 Å². The highest BCUT2D eigenvalue weighted by Crippen LogP contribution is 1.64. The van der Waals surface area contributed by atoms with E-state index in [1.165, 1.54) is 6.42 Å². The van der Waals surface area contributed by atoms with E-state index in [-0.39, 0.29) is 5.84 Å². The molecule has 0 radical (unpaired) electrons. The maximum Gasteiger partial charge on any atom is 0.0902 e. The summed E-state index contributed by atoms with van der Waals surface area (Å²) in [5, 5.41) is 6.52. The second-order valence-corrected chi connectivity index (χ2v) is 1.99. The molecule has 0 aromatic rings. The molecule has 0 heterocycles. The van der Waals surface area contributed by atoms with Crippen LogP contribution < -0.4 is 5.73 Å². The molecular weight excluding hydrogens is 136 g/mol. The summed E-state index contributed by atoms with van der Waals surface area (Å²) < 4.78 is 0. The van der Waals surface area contributed by atoms with Crippen molar-refractivity contribution in [3.63, 3.8) is 0 Å². The van der Waals surface area contributed by atoms with Crippen LogP contribution in [0, 0.1) is 5.41 Å². The molecule has 0 spiro atoms. The van der Waals surface area contributed by atoms with Crippen molar-refractivity contribution >= 4 is 5.84 Å². The average molecular weight is 158 g/mol. The normalized spacial score (nSPS) is 6.18. The van der Waals surface area contributed by atoms with E-state index in [1.54, 1.807) is 6.08 Å². The first-order valence-electron chi connectivity index (χ1n) is 4.00. The van der Waals surface area contributed by atoms with E-state index in [4.69, 9.17) is 11.1 Å². The van der Waals surface area contributed by atoms with Gasteiger partial charge in [-0.25, -0.2) is 0 Å². The zero-order valence-corrected chi connectivity index (χ0v) is 8.28. The number of allylic oxidation sites excluding steroid dienone is 1. The lowest BCUT2D eigenvalue weighted by Gasteiger charge is -1.79. The Morgan fingerprint density at radius 1 is 1.45 bits per heavy atom. The summed E-state index contributed by atoms with van der Waals surface area (Å²) in [6, 6.07) is 0. The maximum absolute atomic E-state index is 6.52. The molecular formula is C9H22N2. The molecule has 0 rings (SSSR count). The number of nitrogens with one attached hydrogen (secondary N) is 1. The molecule has 2 nitrogen and oxygen atoms in total. The third kappa shape index (κ3) is 327. The Kier molecular flexibility index (Phi) is 34.6. The van der Waals surface area contributed by atoms with Crippen LogP contribution in [0.5, 0.6) is 0 Å². The molecule has 0 amide bonds. The number of nitrogens with two attached hydrogens (primary N) is 1. The first-order chi connectivity index (χ1) is 5.10. The van der Waals surface area contributed by atoms with Crippen LogP contribution in [0.3, 0.4) is 0 Å². The van der Waals surface area contributed by atoms with Crippen molar-refractivity contribution in [2.24, 2.45) is 5.73 Å². The number of hydrogen-bond donors (Lipinski definition) is 2. The molecule has 0 aromatic heterocycles. The first kappa shape index (κ1) is 16.7. The van der Waals surface area contributed by atoms with Crippen LogP contribution in [0.25, 0.3) is 0 Å². The fraction of sp³-hybridized carbons (Fsp3) is 0.667. The van der Waals surface area contributed by atoms with Crippen LogP contribution in [-0.2, 0) is 0 Å². The molecule has 0 atom stereocenters. The summed E-state index contributed by atoms with van der Waals surface area (Å²) in [7, 11) is 0. The molecule has 0 saturated carbocycles. The van der Waals surface area contributed by atoms with Crippen LogP contribution in [0.2, 0.25) is 0 Å². The topological polar surface area (TPSA) is 49.9 Å². The lowest BCUT2D eigenvalue weighted by atomic mass is 10.5. The van der Waals surface area contributed by atoms with Gasteiger partial charge in [0.2, 0.25) is 0 Å². The van der Waals surface area contributed by atoms with Gasteiger partial charge in [0.1, 0.15) is 0 Å². The van der Waals surface area contributed by atoms with E-state index in [2.05, 4.69) is 20.4 Å². The highest BCUT2D eigenvalue weighted by Gasteiger charge is 1.70. The first-order valence-corrected chi connectivity index (χ1v) is 4.00. The van der Waals surface area contributed by atoms with Crippen molar-refractivity contribution < 1.29 is 0 Å². The van der Waals surface area contributed by atoms with E-state index in [0.717, 1.165) is 0 Å². The monoisotopic (exact) mass is 158 g/mol. The molecule has 0 saturated heterocycles. The Morgan fingerprint density at radius 2 is 1.55 bits per heavy atom. The third-order valence-corrected chi connectivity index (χ3v) is 0.381. The van der Waals surface area contributed by atoms with E-state index in [0.29, 0.717) is 6.42 Å². The molecule has 0 aromatic carbocycles. The van der Waals surface area contributed by atoms with Crippen molar-refractivity contribution in [2.45, 2.75) is 40.5 Å². The minimum Gasteiger partial charge on any atom is -0.388 e. The molecule has 11 heavy (non-hydrogen) atoms. The van der Waals surface area contributed by atoms with E-state index < -0.39 is 0 Å². The minimum absolute atomic E-state index is 0.255. The summed E-state index contributed by atoms with van der Waals surface area (Å²) >= 11 is 0. The van der Waals surface area contributed by atoms with Crippen LogP contribution in [0.4, 0.5) is 0 Å². The van der Waals surface area contributed by atoms with Crippen LogP contribution >= 0.6 is 0 Å². The lowest BCUT2D eigenvalue weighted by molar-refractivity contribution is 1.09. The second-order valence-electron chi connectivity index (χ2n) is 1.99. The zero-order valence-electron chi connectivity index (χ0n) is 8.28. The van der Waals surface area contributed by atoms with Crippen molar-refractivity contribution in [2.75, 3.05) is 0 Å².